The van der Waals surface area contributed by atoms with Gasteiger partial charge in [-0.25, -0.2) is 4.79 Å². The first-order chi connectivity index (χ1) is 25.0. The summed E-state index contributed by atoms with van der Waals surface area (Å²) in [5, 5.41) is 13.8. The Kier molecular flexibility index (Phi) is 7.91. The average Bonchev–Trinajstić information content (AvgIpc) is 3.66. The fraction of sp³-hybridized carbons (Fsp3) is 0.233. The molecule has 2 spiro atoms. The van der Waals surface area contributed by atoms with Gasteiger partial charge in [0.2, 0.25) is 0 Å². The van der Waals surface area contributed by atoms with Crippen molar-refractivity contribution in [3.05, 3.63) is 161 Å². The molecule has 3 heterocycles. The number of para-hydroxylation sites is 2. The van der Waals surface area contributed by atoms with Crippen molar-refractivity contribution in [2.45, 2.75) is 63.1 Å². The molecule has 9 nitrogen and oxygen atoms in total. The van der Waals surface area contributed by atoms with Crippen LogP contribution in [-0.4, -0.2) is 39.7 Å². The van der Waals surface area contributed by atoms with Crippen LogP contribution in [0.25, 0.3) is 0 Å². The van der Waals surface area contributed by atoms with Crippen LogP contribution in [-0.2, 0) is 44.9 Å². The Bertz CT molecular complexity index is 2170. The van der Waals surface area contributed by atoms with Gasteiger partial charge in [0.15, 0.2) is 11.1 Å². The number of nitrogens with zero attached hydrogens (tertiary/aromatic N) is 3. The number of carbonyl (C=O) groups is 3. The van der Waals surface area contributed by atoms with Crippen molar-refractivity contribution in [3.63, 3.8) is 0 Å². The number of nitrogens with one attached hydrogen (secondary N) is 1. The molecule has 5 aromatic rings. The highest BCUT2D eigenvalue weighted by Crippen LogP contribution is 2.62. The second kappa shape index (κ2) is 12.4. The molecule has 0 radical (unpaired) electrons. The Balaban J connectivity index is 1.41. The van der Waals surface area contributed by atoms with E-state index in [0.29, 0.717) is 22.5 Å². The summed E-state index contributed by atoms with van der Waals surface area (Å²) in [6.45, 7) is 5.85. The molecule has 8 rings (SSSR count). The zero-order valence-electron chi connectivity index (χ0n) is 29.3. The van der Waals surface area contributed by atoms with Gasteiger partial charge < -0.3 is 19.6 Å². The lowest BCUT2D eigenvalue weighted by atomic mass is 9.69. The molecular weight excluding hydrogens is 652 g/mol. The fourth-order valence-corrected chi connectivity index (χ4v) is 8.22. The molecule has 0 saturated carbocycles. The molecule has 3 amide bonds. The Morgan fingerprint density at radius 2 is 1.17 bits per heavy atom. The molecule has 1 fully saturated rings. The van der Waals surface area contributed by atoms with Crippen LogP contribution in [0.2, 0.25) is 0 Å². The van der Waals surface area contributed by atoms with E-state index in [4.69, 9.17) is 4.74 Å². The van der Waals surface area contributed by atoms with Crippen LogP contribution in [0.15, 0.2) is 133 Å². The van der Waals surface area contributed by atoms with Crippen molar-refractivity contribution in [1.29, 1.82) is 0 Å². The molecule has 5 aromatic carbocycles. The monoisotopic (exact) mass is 692 g/mol. The highest BCUT2D eigenvalue weighted by Gasteiger charge is 2.79. The van der Waals surface area contributed by atoms with Crippen molar-refractivity contribution < 1.29 is 24.2 Å². The minimum atomic E-state index is -1.90. The minimum absolute atomic E-state index is 0.105. The maximum absolute atomic E-state index is 15.9. The number of hydrogen-bond donors (Lipinski definition) is 2. The fourth-order valence-electron chi connectivity index (χ4n) is 8.22. The first-order valence-electron chi connectivity index (χ1n) is 17.5. The minimum Gasteiger partial charge on any atom is -0.508 e. The Hall–Kier alpha value is -5.93. The van der Waals surface area contributed by atoms with Crippen molar-refractivity contribution in [3.8, 4) is 5.75 Å². The van der Waals surface area contributed by atoms with Gasteiger partial charge in [-0.05, 0) is 61.7 Å². The number of hydrogen-bond acceptors (Lipinski definition) is 6. The van der Waals surface area contributed by atoms with Crippen LogP contribution in [0.4, 0.5) is 16.2 Å². The number of phenols is 1. The van der Waals surface area contributed by atoms with E-state index in [0.717, 1.165) is 16.7 Å². The van der Waals surface area contributed by atoms with Gasteiger partial charge in [-0.3, -0.25) is 19.8 Å². The summed E-state index contributed by atoms with van der Waals surface area (Å²) < 4.78 is 6.17. The number of carbonyl (C=O) groups excluding carboxylic acids is 3. The maximum Gasteiger partial charge on any atom is 0.412 e. The Morgan fingerprint density at radius 3 is 1.75 bits per heavy atom. The smallest absolute Gasteiger partial charge is 0.412 e. The summed E-state index contributed by atoms with van der Waals surface area (Å²) in [4.78, 5) is 51.6. The van der Waals surface area contributed by atoms with E-state index in [1.54, 1.807) is 54.8 Å². The van der Waals surface area contributed by atoms with Crippen LogP contribution in [0.1, 0.15) is 48.6 Å². The molecular formula is C43H40N4O5. The third kappa shape index (κ3) is 5.06. The number of phenolic OH excluding ortho intramolecular Hbond substituents is 1. The average molecular weight is 693 g/mol. The van der Waals surface area contributed by atoms with E-state index < -0.39 is 34.8 Å². The lowest BCUT2D eigenvalue weighted by molar-refractivity contribution is -0.140. The van der Waals surface area contributed by atoms with E-state index >= 15 is 9.59 Å². The van der Waals surface area contributed by atoms with E-state index in [9.17, 15) is 9.90 Å². The molecule has 0 bridgehead atoms. The number of amides is 3. The van der Waals surface area contributed by atoms with E-state index in [2.05, 4.69) is 5.32 Å². The van der Waals surface area contributed by atoms with Gasteiger partial charge in [-0.15, -0.1) is 0 Å². The molecule has 2 N–H and O–H groups in total. The van der Waals surface area contributed by atoms with E-state index in [1.165, 1.54) is 4.90 Å². The summed E-state index contributed by atoms with van der Waals surface area (Å²) in [6, 6.07) is 41.2. The highest BCUT2D eigenvalue weighted by molar-refractivity contribution is 6.19. The molecule has 9 heteroatoms. The molecule has 3 atom stereocenters. The lowest BCUT2D eigenvalue weighted by Gasteiger charge is -2.43. The summed E-state index contributed by atoms with van der Waals surface area (Å²) in [5.41, 5.74) is 0.437. The van der Waals surface area contributed by atoms with Gasteiger partial charge in [-0.2, -0.15) is 0 Å². The summed E-state index contributed by atoms with van der Waals surface area (Å²) in [5.74, 6) is -0.647. The van der Waals surface area contributed by atoms with Crippen LogP contribution in [0.3, 0.4) is 0 Å². The molecule has 262 valence electrons. The summed E-state index contributed by atoms with van der Waals surface area (Å²) in [7, 11) is 0. The van der Waals surface area contributed by atoms with Crippen LogP contribution >= 0.6 is 0 Å². The van der Waals surface area contributed by atoms with E-state index in [-0.39, 0.29) is 31.2 Å². The van der Waals surface area contributed by atoms with Crippen molar-refractivity contribution in [2.75, 3.05) is 9.80 Å². The van der Waals surface area contributed by atoms with Gasteiger partial charge in [0.05, 0.1) is 24.9 Å². The number of rotatable bonds is 6. The number of ether oxygens (including phenoxy) is 1. The number of fused-ring (bicyclic) bond motifs is 5. The normalized spacial score (nSPS) is 22.0. The largest absolute Gasteiger partial charge is 0.508 e. The summed E-state index contributed by atoms with van der Waals surface area (Å²) >= 11 is 0. The molecule has 3 aliphatic rings. The number of benzene rings is 5. The first kappa shape index (κ1) is 33.2. The topological polar surface area (TPSA) is 102 Å². The predicted octanol–water partition coefficient (Wildman–Crippen LogP) is 6.99. The molecule has 0 aromatic heterocycles. The van der Waals surface area contributed by atoms with Gasteiger partial charge in [0.1, 0.15) is 11.4 Å². The van der Waals surface area contributed by atoms with Crippen LogP contribution in [0, 0.1) is 0 Å². The summed E-state index contributed by atoms with van der Waals surface area (Å²) in [6.07, 6.45) is -1.40. The standard InChI is InChI=1S/C43H40N4O5/c1-41(2,3)52-40(51)47-37(26-29-22-24-32(48)25-23-29)44-42(33-18-10-12-20-35(33)45(38(42)49)27-30-14-6-4-7-15-30)43(47)34-19-11-13-21-36(34)46(39(43)50)28-31-16-8-5-9-17-31/h4-25,37,44,48H,26-28H2,1-3H3. The van der Waals surface area contributed by atoms with E-state index in [1.807, 2.05) is 109 Å². The van der Waals surface area contributed by atoms with Gasteiger partial charge in [0.25, 0.3) is 11.8 Å². The quantitative estimate of drug-likeness (QED) is 0.199. The molecule has 3 unspecified atom stereocenters. The Labute approximate surface area is 303 Å². The zero-order chi connectivity index (χ0) is 36.3. The maximum atomic E-state index is 15.9. The number of aromatic hydroxyl groups is 1. The molecule has 3 aliphatic heterocycles. The van der Waals surface area contributed by atoms with Gasteiger partial charge in [0, 0.05) is 23.2 Å². The van der Waals surface area contributed by atoms with Crippen LogP contribution in [0.5, 0.6) is 5.75 Å². The van der Waals surface area contributed by atoms with Crippen LogP contribution < -0.4 is 15.1 Å². The van der Waals surface area contributed by atoms with Gasteiger partial charge in [-0.1, -0.05) is 109 Å². The highest BCUT2D eigenvalue weighted by atomic mass is 16.6. The Morgan fingerprint density at radius 1 is 0.673 bits per heavy atom. The third-order valence-electron chi connectivity index (χ3n) is 10.2. The number of anilines is 2. The molecule has 0 aliphatic carbocycles. The molecule has 1 saturated heterocycles. The zero-order valence-corrected chi connectivity index (χ0v) is 29.3. The van der Waals surface area contributed by atoms with Gasteiger partial charge >= 0.3 is 6.09 Å². The predicted molar refractivity (Wildman–Crippen MR) is 198 cm³/mol. The SMILES string of the molecule is CC(C)(C)OC(=O)N1C(Cc2ccc(O)cc2)NC2(C(=O)N(Cc3ccccc3)c3ccccc32)C12C(=O)N(Cc1ccccc1)c1ccccc12. The second-order valence-corrected chi connectivity index (χ2v) is 14.6. The van der Waals surface area contributed by atoms with Crippen molar-refractivity contribution >= 4 is 29.3 Å². The van der Waals surface area contributed by atoms with Crippen molar-refractivity contribution in [2.24, 2.45) is 0 Å². The lowest BCUT2D eigenvalue weighted by Crippen LogP contribution is -2.66. The third-order valence-corrected chi connectivity index (χ3v) is 10.2. The first-order valence-corrected chi connectivity index (χ1v) is 17.5. The second-order valence-electron chi connectivity index (χ2n) is 14.6. The molecule has 52 heavy (non-hydrogen) atoms. The van der Waals surface area contributed by atoms with Crippen molar-refractivity contribution in [1.82, 2.24) is 10.2 Å².